The summed E-state index contributed by atoms with van der Waals surface area (Å²) in [6.45, 7) is 2.92. The number of rotatable bonds is 3. The van der Waals surface area contributed by atoms with E-state index in [0.29, 0.717) is 32.4 Å². The molecule has 102 valence electrons. The van der Waals surface area contributed by atoms with Gasteiger partial charge in [-0.25, -0.2) is 4.39 Å². The molecule has 1 aromatic rings. The van der Waals surface area contributed by atoms with Crippen molar-refractivity contribution < 1.29 is 14.0 Å². The second-order valence-corrected chi connectivity index (χ2v) is 4.87. The molecule has 0 atom stereocenters. The molecule has 0 N–H and O–H groups in total. The summed E-state index contributed by atoms with van der Waals surface area (Å²) < 4.78 is 13.6. The van der Waals surface area contributed by atoms with Crippen LogP contribution in [-0.4, -0.2) is 29.7 Å². The Morgan fingerprint density at radius 3 is 2.47 bits per heavy atom. The smallest absolute Gasteiger partial charge is 0.256 e. The van der Waals surface area contributed by atoms with Crippen molar-refractivity contribution in [1.29, 1.82) is 0 Å². The lowest BCUT2D eigenvalue weighted by Crippen LogP contribution is -2.40. The van der Waals surface area contributed by atoms with Gasteiger partial charge in [0.1, 0.15) is 11.6 Å². The number of likely N-dealkylation sites (tertiary alicyclic amines) is 1. The molecule has 1 aromatic carbocycles. The zero-order valence-electron chi connectivity index (χ0n) is 11.1. The maximum atomic E-state index is 13.6. The first-order chi connectivity index (χ1) is 9.13. The summed E-state index contributed by atoms with van der Waals surface area (Å²) in [7, 11) is 0. The van der Waals surface area contributed by atoms with Crippen LogP contribution >= 0.6 is 0 Å². The van der Waals surface area contributed by atoms with Gasteiger partial charge in [0.2, 0.25) is 0 Å². The molecule has 0 spiro atoms. The van der Waals surface area contributed by atoms with Crippen LogP contribution in [0.3, 0.4) is 0 Å². The van der Waals surface area contributed by atoms with E-state index in [1.165, 1.54) is 12.1 Å². The minimum absolute atomic E-state index is 0.0645. The third-order valence-corrected chi connectivity index (χ3v) is 3.69. The fourth-order valence-electron chi connectivity index (χ4n) is 2.50. The third-order valence-electron chi connectivity index (χ3n) is 3.69. The summed E-state index contributed by atoms with van der Waals surface area (Å²) in [6, 6.07) is 6.02. The van der Waals surface area contributed by atoms with E-state index in [1.54, 1.807) is 17.0 Å². The monoisotopic (exact) mass is 263 g/mol. The van der Waals surface area contributed by atoms with Crippen LogP contribution in [0.4, 0.5) is 4.39 Å². The van der Waals surface area contributed by atoms with Gasteiger partial charge in [-0.3, -0.25) is 9.59 Å². The number of hydrogen-bond acceptors (Lipinski definition) is 2. The molecule has 0 aliphatic carbocycles. The number of halogens is 1. The van der Waals surface area contributed by atoms with E-state index in [9.17, 15) is 14.0 Å². The summed E-state index contributed by atoms with van der Waals surface area (Å²) in [6.07, 6.45) is 1.92. The summed E-state index contributed by atoms with van der Waals surface area (Å²) >= 11 is 0. The molecule has 0 unspecified atom stereocenters. The zero-order chi connectivity index (χ0) is 13.8. The number of ketones is 1. The van der Waals surface area contributed by atoms with Gasteiger partial charge in [-0.1, -0.05) is 19.1 Å². The number of carbonyl (C=O) groups excluding carboxylic acids is 2. The lowest BCUT2D eigenvalue weighted by molar-refractivity contribution is -0.123. The van der Waals surface area contributed by atoms with Gasteiger partial charge >= 0.3 is 0 Å². The van der Waals surface area contributed by atoms with Gasteiger partial charge in [-0.2, -0.15) is 0 Å². The largest absolute Gasteiger partial charge is 0.339 e. The highest BCUT2D eigenvalue weighted by Crippen LogP contribution is 2.21. The van der Waals surface area contributed by atoms with E-state index in [4.69, 9.17) is 0 Å². The minimum Gasteiger partial charge on any atom is -0.339 e. The Balaban J connectivity index is 2.00. The zero-order valence-corrected chi connectivity index (χ0v) is 11.1. The molecule has 2 rings (SSSR count). The van der Waals surface area contributed by atoms with Gasteiger partial charge in [0.05, 0.1) is 5.56 Å². The first kappa shape index (κ1) is 13.7. The molecule has 0 bridgehead atoms. The summed E-state index contributed by atoms with van der Waals surface area (Å²) in [5.74, 6) is -0.438. The maximum absolute atomic E-state index is 13.6. The lowest BCUT2D eigenvalue weighted by Gasteiger charge is -2.31. The highest BCUT2D eigenvalue weighted by Gasteiger charge is 2.27. The highest BCUT2D eigenvalue weighted by molar-refractivity contribution is 5.94. The molecule has 1 aliphatic rings. The van der Waals surface area contributed by atoms with Crippen LogP contribution in [0.2, 0.25) is 0 Å². The Bertz CT molecular complexity index is 479. The van der Waals surface area contributed by atoms with Crippen molar-refractivity contribution >= 4 is 11.7 Å². The second kappa shape index (κ2) is 5.95. The van der Waals surface area contributed by atoms with Gasteiger partial charge < -0.3 is 4.90 Å². The Morgan fingerprint density at radius 1 is 1.26 bits per heavy atom. The number of amides is 1. The Morgan fingerprint density at radius 2 is 1.89 bits per heavy atom. The van der Waals surface area contributed by atoms with Crippen molar-refractivity contribution in [3.8, 4) is 0 Å². The molecule has 0 aromatic heterocycles. The molecule has 1 amide bonds. The van der Waals surface area contributed by atoms with Crippen LogP contribution in [0.1, 0.15) is 36.5 Å². The van der Waals surface area contributed by atoms with Crippen LogP contribution in [0.5, 0.6) is 0 Å². The van der Waals surface area contributed by atoms with E-state index in [-0.39, 0.29) is 23.2 Å². The van der Waals surface area contributed by atoms with E-state index in [1.807, 2.05) is 6.92 Å². The fraction of sp³-hybridized carbons (Fsp3) is 0.467. The number of nitrogens with zero attached hydrogens (tertiary/aromatic N) is 1. The van der Waals surface area contributed by atoms with Crippen molar-refractivity contribution in [2.75, 3.05) is 13.1 Å². The third kappa shape index (κ3) is 3.00. The summed E-state index contributed by atoms with van der Waals surface area (Å²) in [5, 5.41) is 0. The van der Waals surface area contributed by atoms with E-state index in [2.05, 4.69) is 0 Å². The summed E-state index contributed by atoms with van der Waals surface area (Å²) in [5.41, 5.74) is 0.114. The molecule has 1 heterocycles. The van der Waals surface area contributed by atoms with Gasteiger partial charge in [-0.15, -0.1) is 0 Å². The number of hydrogen-bond donors (Lipinski definition) is 0. The van der Waals surface area contributed by atoms with E-state index in [0.717, 1.165) is 0 Å². The number of piperidine rings is 1. The lowest BCUT2D eigenvalue weighted by atomic mass is 9.91. The molecule has 1 saturated heterocycles. The predicted octanol–water partition coefficient (Wildman–Crippen LogP) is 2.66. The van der Waals surface area contributed by atoms with Crippen LogP contribution < -0.4 is 0 Å². The molecule has 4 heteroatoms. The second-order valence-electron chi connectivity index (χ2n) is 4.87. The highest BCUT2D eigenvalue weighted by atomic mass is 19.1. The van der Waals surface area contributed by atoms with Crippen LogP contribution in [-0.2, 0) is 4.79 Å². The van der Waals surface area contributed by atoms with Gasteiger partial charge in [0, 0.05) is 25.4 Å². The average Bonchev–Trinajstić information content (AvgIpc) is 2.46. The molecule has 3 nitrogen and oxygen atoms in total. The van der Waals surface area contributed by atoms with Crippen molar-refractivity contribution in [1.82, 2.24) is 4.90 Å². The van der Waals surface area contributed by atoms with Gasteiger partial charge in [0.15, 0.2) is 0 Å². The predicted molar refractivity (Wildman–Crippen MR) is 70.3 cm³/mol. The quantitative estimate of drug-likeness (QED) is 0.840. The molecular formula is C15H18FNO2. The minimum atomic E-state index is -0.487. The molecule has 1 aliphatic heterocycles. The standard InChI is InChI=1S/C15H18FNO2/c1-2-14(18)11-7-9-17(10-8-11)15(19)12-5-3-4-6-13(12)16/h3-6,11H,2,7-10H2,1H3. The van der Waals surface area contributed by atoms with Crippen LogP contribution in [0, 0.1) is 11.7 Å². The normalized spacial score (nSPS) is 16.4. The van der Waals surface area contributed by atoms with Crippen molar-refractivity contribution in [3.05, 3.63) is 35.6 Å². The molecular weight excluding hydrogens is 245 g/mol. The topological polar surface area (TPSA) is 37.4 Å². The molecule has 19 heavy (non-hydrogen) atoms. The van der Waals surface area contributed by atoms with Crippen molar-refractivity contribution in [2.45, 2.75) is 26.2 Å². The van der Waals surface area contributed by atoms with Gasteiger partial charge in [-0.05, 0) is 25.0 Å². The first-order valence-corrected chi connectivity index (χ1v) is 6.70. The number of benzene rings is 1. The number of carbonyl (C=O) groups is 2. The van der Waals surface area contributed by atoms with Crippen LogP contribution in [0.15, 0.2) is 24.3 Å². The molecule has 0 saturated carbocycles. The van der Waals surface area contributed by atoms with E-state index < -0.39 is 5.82 Å². The average molecular weight is 263 g/mol. The van der Waals surface area contributed by atoms with Crippen molar-refractivity contribution in [3.63, 3.8) is 0 Å². The van der Waals surface area contributed by atoms with Crippen LogP contribution in [0.25, 0.3) is 0 Å². The van der Waals surface area contributed by atoms with Crippen molar-refractivity contribution in [2.24, 2.45) is 5.92 Å². The fourth-order valence-corrected chi connectivity index (χ4v) is 2.50. The Hall–Kier alpha value is -1.71. The molecule has 1 fully saturated rings. The first-order valence-electron chi connectivity index (χ1n) is 6.70. The van der Waals surface area contributed by atoms with E-state index >= 15 is 0 Å². The SMILES string of the molecule is CCC(=O)C1CCN(C(=O)c2ccccc2F)CC1. The maximum Gasteiger partial charge on any atom is 0.256 e. The Labute approximate surface area is 112 Å². The number of Topliss-reactive ketones (excluding diaryl/α,β-unsaturated/α-hetero) is 1. The van der Waals surface area contributed by atoms with Gasteiger partial charge in [0.25, 0.3) is 5.91 Å². The Kier molecular flexibility index (Phi) is 4.30. The summed E-state index contributed by atoms with van der Waals surface area (Å²) in [4.78, 5) is 25.4. The molecule has 0 radical (unpaired) electrons.